The summed E-state index contributed by atoms with van der Waals surface area (Å²) in [5.74, 6) is -0.316. The number of aliphatic hydroxyl groups excluding tert-OH is 1. The first-order chi connectivity index (χ1) is 15.4. The Morgan fingerprint density at radius 2 is 1.94 bits per heavy atom. The molecule has 2 heterocycles. The van der Waals surface area contributed by atoms with Crippen molar-refractivity contribution in [2.45, 2.75) is 6.10 Å². The largest absolute Gasteiger partial charge is 0.493 e. The van der Waals surface area contributed by atoms with Gasteiger partial charge in [-0.05, 0) is 30.3 Å². The van der Waals surface area contributed by atoms with E-state index in [9.17, 15) is 14.7 Å². The number of hydrogen-bond donors (Lipinski definition) is 1. The lowest BCUT2D eigenvalue weighted by atomic mass is 9.99. The van der Waals surface area contributed by atoms with Gasteiger partial charge in [-0.3, -0.25) is 4.79 Å². The lowest BCUT2D eigenvalue weighted by Gasteiger charge is -2.18. The van der Waals surface area contributed by atoms with E-state index in [1.807, 2.05) is 0 Å². The molecule has 9 heteroatoms. The number of methoxy groups -OCH3 is 3. The van der Waals surface area contributed by atoms with E-state index in [0.29, 0.717) is 11.4 Å². The maximum Gasteiger partial charge on any atom is 0.330 e. The average Bonchev–Trinajstić information content (AvgIpc) is 3.29. The zero-order valence-electron chi connectivity index (χ0n) is 17.6. The summed E-state index contributed by atoms with van der Waals surface area (Å²) < 4.78 is 16.8. The number of aliphatic hydroxyl groups is 1. The normalized spacial score (nSPS) is 11.9. The van der Waals surface area contributed by atoms with Crippen molar-refractivity contribution in [3.05, 3.63) is 76.7 Å². The molecule has 0 fully saturated rings. The number of benzene rings is 1. The van der Waals surface area contributed by atoms with E-state index in [-0.39, 0.29) is 27.7 Å². The molecule has 1 N–H and O–H groups in total. The summed E-state index contributed by atoms with van der Waals surface area (Å²) in [5, 5.41) is 11.1. The van der Waals surface area contributed by atoms with Gasteiger partial charge in [-0.25, -0.2) is 9.78 Å². The number of rotatable bonds is 8. The fourth-order valence-electron chi connectivity index (χ4n) is 3.17. The molecule has 0 saturated heterocycles. The van der Waals surface area contributed by atoms with Crippen LogP contribution in [0.5, 0.6) is 11.5 Å². The molecule has 0 radical (unpaired) electrons. The van der Waals surface area contributed by atoms with Crippen molar-refractivity contribution in [1.82, 2.24) is 9.55 Å². The molecule has 0 bridgehead atoms. The van der Waals surface area contributed by atoms with Gasteiger partial charge in [0.25, 0.3) is 0 Å². The van der Waals surface area contributed by atoms with Gasteiger partial charge in [0.05, 0.1) is 31.9 Å². The molecular weight excluding hydrogens is 436 g/mol. The highest BCUT2D eigenvalue weighted by Gasteiger charge is 2.28. The number of halogens is 1. The van der Waals surface area contributed by atoms with Crippen LogP contribution in [-0.4, -0.2) is 47.7 Å². The quantitative estimate of drug-likeness (QED) is 0.314. The number of ether oxygens (including phenoxy) is 3. The second kappa shape index (κ2) is 10.1. The number of aromatic nitrogens is 2. The van der Waals surface area contributed by atoms with Gasteiger partial charge in [-0.1, -0.05) is 23.7 Å². The minimum Gasteiger partial charge on any atom is -0.493 e. The first-order valence-electron chi connectivity index (χ1n) is 9.43. The van der Waals surface area contributed by atoms with Gasteiger partial charge < -0.3 is 23.9 Å². The molecule has 0 aliphatic rings. The molecule has 0 saturated carbocycles. The Labute approximate surface area is 189 Å². The van der Waals surface area contributed by atoms with Crippen LogP contribution in [0.25, 0.3) is 11.9 Å². The third-order valence-corrected chi connectivity index (χ3v) is 4.88. The van der Waals surface area contributed by atoms with E-state index < -0.39 is 17.9 Å². The Balaban J connectivity index is 2.07. The van der Waals surface area contributed by atoms with Gasteiger partial charge in [0.15, 0.2) is 17.3 Å². The minimum atomic E-state index is -1.57. The monoisotopic (exact) mass is 456 g/mol. The summed E-state index contributed by atoms with van der Waals surface area (Å²) in [5.41, 5.74) is 0.882. The van der Waals surface area contributed by atoms with Crippen molar-refractivity contribution in [3.8, 4) is 17.3 Å². The SMILES string of the molecule is COC(=O)C=Cc1cccn1-c1ncc(Cl)cc1C(=O)C(O)c1cccc(OC)c1OC. The highest BCUT2D eigenvalue weighted by atomic mass is 35.5. The van der Waals surface area contributed by atoms with Crippen LogP contribution in [0.3, 0.4) is 0 Å². The summed E-state index contributed by atoms with van der Waals surface area (Å²) in [7, 11) is 4.16. The van der Waals surface area contributed by atoms with Crippen LogP contribution >= 0.6 is 11.6 Å². The Hall–Kier alpha value is -3.62. The predicted octanol–water partition coefficient (Wildman–Crippen LogP) is 3.65. The Kier molecular flexibility index (Phi) is 7.29. The molecule has 0 aliphatic carbocycles. The zero-order chi connectivity index (χ0) is 23.3. The van der Waals surface area contributed by atoms with E-state index in [1.165, 1.54) is 45.7 Å². The number of pyridine rings is 1. The summed E-state index contributed by atoms with van der Waals surface area (Å²) >= 11 is 6.12. The van der Waals surface area contributed by atoms with Crippen LogP contribution < -0.4 is 9.47 Å². The fourth-order valence-corrected chi connectivity index (χ4v) is 3.32. The standard InChI is InChI=1S/C23H21ClN2O6/c1-30-18-8-4-7-16(22(18)32-3)20(28)21(29)17-12-14(24)13-25-23(17)26-11-5-6-15(26)9-10-19(27)31-2/h4-13,20,28H,1-3H3. The van der Waals surface area contributed by atoms with Crippen LogP contribution in [0.1, 0.15) is 27.7 Å². The van der Waals surface area contributed by atoms with Crippen molar-refractivity contribution in [1.29, 1.82) is 0 Å². The lowest BCUT2D eigenvalue weighted by Crippen LogP contribution is -2.17. The van der Waals surface area contributed by atoms with Crippen molar-refractivity contribution >= 4 is 29.4 Å². The van der Waals surface area contributed by atoms with E-state index in [0.717, 1.165) is 0 Å². The molecule has 8 nitrogen and oxygen atoms in total. The third-order valence-electron chi connectivity index (χ3n) is 4.67. The molecule has 1 aromatic carbocycles. The van der Waals surface area contributed by atoms with Crippen LogP contribution in [0.2, 0.25) is 5.02 Å². The summed E-state index contributed by atoms with van der Waals surface area (Å²) in [6.45, 7) is 0. The molecule has 0 amide bonds. The Morgan fingerprint density at radius 3 is 2.62 bits per heavy atom. The molecule has 2 aromatic heterocycles. The summed E-state index contributed by atoms with van der Waals surface area (Å²) in [6, 6.07) is 9.75. The maximum absolute atomic E-state index is 13.4. The van der Waals surface area contributed by atoms with Crippen LogP contribution in [-0.2, 0) is 9.53 Å². The number of esters is 1. The van der Waals surface area contributed by atoms with Crippen molar-refractivity contribution < 1.29 is 28.9 Å². The smallest absolute Gasteiger partial charge is 0.330 e. The summed E-state index contributed by atoms with van der Waals surface area (Å²) in [6.07, 6.45) is 4.27. The molecule has 3 rings (SSSR count). The molecule has 32 heavy (non-hydrogen) atoms. The number of carbonyl (C=O) groups is 2. The predicted molar refractivity (Wildman–Crippen MR) is 118 cm³/mol. The van der Waals surface area contributed by atoms with Gasteiger partial charge >= 0.3 is 5.97 Å². The molecule has 3 aromatic rings. The van der Waals surface area contributed by atoms with Gasteiger partial charge in [0, 0.05) is 29.7 Å². The molecular formula is C23H21ClN2O6. The van der Waals surface area contributed by atoms with E-state index >= 15 is 0 Å². The number of carbonyl (C=O) groups excluding carboxylic acids is 2. The molecule has 166 valence electrons. The van der Waals surface area contributed by atoms with Crippen molar-refractivity contribution in [3.63, 3.8) is 0 Å². The number of para-hydroxylation sites is 1. The first kappa shape index (κ1) is 23.1. The summed E-state index contributed by atoms with van der Waals surface area (Å²) in [4.78, 5) is 29.1. The Bertz CT molecular complexity index is 1170. The number of hydrogen-bond acceptors (Lipinski definition) is 7. The van der Waals surface area contributed by atoms with Gasteiger partial charge in [-0.2, -0.15) is 0 Å². The molecule has 1 atom stereocenters. The number of nitrogens with zero attached hydrogens (tertiary/aromatic N) is 2. The van der Waals surface area contributed by atoms with Gasteiger partial charge in [0.1, 0.15) is 11.9 Å². The molecule has 0 spiro atoms. The van der Waals surface area contributed by atoms with Crippen molar-refractivity contribution in [2.24, 2.45) is 0 Å². The minimum absolute atomic E-state index is 0.0822. The van der Waals surface area contributed by atoms with Gasteiger partial charge in [0.2, 0.25) is 0 Å². The topological polar surface area (TPSA) is 99.9 Å². The first-order valence-corrected chi connectivity index (χ1v) is 9.81. The van der Waals surface area contributed by atoms with Gasteiger partial charge in [-0.15, -0.1) is 0 Å². The fraction of sp³-hybridized carbons (Fsp3) is 0.174. The molecule has 0 aliphatic heterocycles. The highest BCUT2D eigenvalue weighted by molar-refractivity contribution is 6.31. The van der Waals surface area contributed by atoms with Crippen LogP contribution in [0, 0.1) is 0 Å². The van der Waals surface area contributed by atoms with Crippen LogP contribution in [0.15, 0.2) is 54.9 Å². The maximum atomic E-state index is 13.4. The van der Waals surface area contributed by atoms with Crippen LogP contribution in [0.4, 0.5) is 0 Å². The third kappa shape index (κ3) is 4.66. The molecule has 1 unspecified atom stereocenters. The Morgan fingerprint density at radius 1 is 1.16 bits per heavy atom. The highest BCUT2D eigenvalue weighted by Crippen LogP contribution is 2.36. The van der Waals surface area contributed by atoms with Crippen molar-refractivity contribution in [2.75, 3.05) is 21.3 Å². The van der Waals surface area contributed by atoms with E-state index in [4.69, 9.17) is 21.1 Å². The number of ketones is 1. The van der Waals surface area contributed by atoms with E-state index in [2.05, 4.69) is 9.72 Å². The zero-order valence-corrected chi connectivity index (χ0v) is 18.4. The lowest BCUT2D eigenvalue weighted by molar-refractivity contribution is -0.134. The van der Waals surface area contributed by atoms with E-state index in [1.54, 1.807) is 41.1 Å². The average molecular weight is 457 g/mol. The second-order valence-corrected chi connectivity index (χ2v) is 6.97. The number of Topliss-reactive ketones (excluding diaryl/α,β-unsaturated/α-hetero) is 1. The second-order valence-electron chi connectivity index (χ2n) is 6.53.